The Morgan fingerprint density at radius 1 is 1.50 bits per heavy atom. The van der Waals surface area contributed by atoms with Gasteiger partial charge in [-0.15, -0.1) is 0 Å². The maximum absolute atomic E-state index is 10.4. The van der Waals surface area contributed by atoms with Gasteiger partial charge in [0.25, 0.3) is 0 Å². The van der Waals surface area contributed by atoms with Crippen molar-refractivity contribution in [1.82, 2.24) is 0 Å². The lowest BCUT2D eigenvalue weighted by Crippen LogP contribution is -1.96. The first kappa shape index (κ1) is 7.77. The van der Waals surface area contributed by atoms with E-state index in [0.29, 0.717) is 0 Å². The van der Waals surface area contributed by atoms with Crippen LogP contribution in [0.5, 0.6) is 0 Å². The van der Waals surface area contributed by atoms with Crippen molar-refractivity contribution in [2.75, 3.05) is 6.66 Å². The van der Waals surface area contributed by atoms with Crippen LogP contribution in [0.3, 0.4) is 0 Å². The molecule has 0 fully saturated rings. The molecule has 0 bridgehead atoms. The van der Waals surface area contributed by atoms with Gasteiger partial charge in [-0.1, -0.05) is 8.58 Å². The first-order chi connectivity index (χ1) is 3.66. The molecule has 0 saturated heterocycles. The van der Waals surface area contributed by atoms with Crippen LogP contribution in [0.1, 0.15) is 13.3 Å². The van der Waals surface area contributed by atoms with E-state index in [1.165, 1.54) is 6.92 Å². The van der Waals surface area contributed by atoms with Crippen LogP contribution < -0.4 is 0 Å². The smallest absolute Gasteiger partial charge is 0.158 e. The van der Waals surface area contributed by atoms with Gasteiger partial charge in [0.1, 0.15) is 5.78 Å². The number of carbonyl (C=O) groups is 2. The van der Waals surface area contributed by atoms with Gasteiger partial charge < -0.3 is 0 Å². The van der Waals surface area contributed by atoms with E-state index < -0.39 is 0 Å². The first-order valence-electron chi connectivity index (χ1n) is 2.37. The zero-order valence-corrected chi connectivity index (χ0v) is 6.02. The molecule has 3 heteroatoms. The molecule has 0 radical (unpaired) electrons. The SMILES string of the molecule is CPC(=O)CC(C)=O. The van der Waals surface area contributed by atoms with Gasteiger partial charge in [0.2, 0.25) is 0 Å². The first-order valence-corrected chi connectivity index (χ1v) is 3.87. The summed E-state index contributed by atoms with van der Waals surface area (Å²) < 4.78 is 0. The molecule has 0 N–H and O–H groups in total. The summed E-state index contributed by atoms with van der Waals surface area (Å²) in [5.41, 5.74) is 0.0532. The van der Waals surface area contributed by atoms with Gasteiger partial charge in [0.15, 0.2) is 5.52 Å². The summed E-state index contributed by atoms with van der Waals surface area (Å²) in [7, 11) is 0.265. The molecule has 0 spiro atoms. The molecule has 8 heavy (non-hydrogen) atoms. The van der Waals surface area contributed by atoms with Gasteiger partial charge >= 0.3 is 0 Å². The van der Waals surface area contributed by atoms with Crippen LogP contribution in [-0.4, -0.2) is 18.0 Å². The van der Waals surface area contributed by atoms with E-state index in [0.717, 1.165) is 0 Å². The molecule has 2 nitrogen and oxygen atoms in total. The zero-order chi connectivity index (χ0) is 6.57. The van der Waals surface area contributed by atoms with Crippen molar-refractivity contribution in [2.24, 2.45) is 0 Å². The van der Waals surface area contributed by atoms with Crippen LogP contribution in [0.25, 0.3) is 0 Å². The average molecular weight is 132 g/mol. The van der Waals surface area contributed by atoms with Gasteiger partial charge in [-0.3, -0.25) is 9.59 Å². The third kappa shape index (κ3) is 3.94. The standard InChI is InChI=1S/C5H9O2P/c1-4(6)3-5(7)8-2/h8H,3H2,1-2H3. The fourth-order valence-corrected chi connectivity index (χ4v) is 0.740. The van der Waals surface area contributed by atoms with Crippen LogP contribution in [0.15, 0.2) is 0 Å². The lowest BCUT2D eigenvalue weighted by atomic mass is 10.3. The van der Waals surface area contributed by atoms with Gasteiger partial charge in [0, 0.05) is 0 Å². The number of hydrogen-bond acceptors (Lipinski definition) is 2. The largest absolute Gasteiger partial charge is 0.300 e. The van der Waals surface area contributed by atoms with Crippen molar-refractivity contribution in [3.05, 3.63) is 0 Å². The van der Waals surface area contributed by atoms with Crippen LogP contribution in [0.4, 0.5) is 0 Å². The molecular weight excluding hydrogens is 123 g/mol. The Kier molecular flexibility index (Phi) is 3.63. The van der Waals surface area contributed by atoms with E-state index in [9.17, 15) is 9.59 Å². The third-order valence-electron chi connectivity index (χ3n) is 0.688. The summed E-state index contributed by atoms with van der Waals surface area (Å²) in [6.07, 6.45) is 0.120. The van der Waals surface area contributed by atoms with Crippen LogP contribution in [0.2, 0.25) is 0 Å². The summed E-state index contributed by atoms with van der Waals surface area (Å²) in [5.74, 6) is -0.0376. The molecule has 0 aromatic carbocycles. The normalized spacial score (nSPS) is 10.2. The fourth-order valence-electron chi connectivity index (χ4n) is 0.314. The van der Waals surface area contributed by atoms with E-state index in [1.807, 2.05) is 0 Å². The molecule has 0 aliphatic heterocycles. The molecule has 0 aliphatic carbocycles. The van der Waals surface area contributed by atoms with E-state index in [4.69, 9.17) is 0 Å². The topological polar surface area (TPSA) is 34.1 Å². The second-order valence-electron chi connectivity index (χ2n) is 1.55. The minimum Gasteiger partial charge on any atom is -0.300 e. The van der Waals surface area contributed by atoms with Crippen molar-refractivity contribution in [1.29, 1.82) is 0 Å². The highest BCUT2D eigenvalue weighted by Crippen LogP contribution is 2.06. The van der Waals surface area contributed by atoms with E-state index in [-0.39, 0.29) is 26.3 Å². The molecule has 0 rings (SSSR count). The predicted molar refractivity (Wildman–Crippen MR) is 34.5 cm³/mol. The second kappa shape index (κ2) is 3.73. The van der Waals surface area contributed by atoms with Crippen LogP contribution >= 0.6 is 8.58 Å². The third-order valence-corrected chi connectivity index (χ3v) is 1.42. The van der Waals surface area contributed by atoms with Crippen molar-refractivity contribution in [3.8, 4) is 0 Å². The quantitative estimate of drug-likeness (QED) is 0.420. The monoisotopic (exact) mass is 132 g/mol. The molecule has 0 aromatic heterocycles. The number of Topliss-reactive ketones (excluding diaryl/α,β-unsaturated/α-hetero) is 1. The molecule has 0 aliphatic rings. The molecule has 0 aromatic rings. The van der Waals surface area contributed by atoms with Gasteiger partial charge in [0.05, 0.1) is 6.42 Å². The number of ketones is 1. The summed E-state index contributed by atoms with van der Waals surface area (Å²) in [6.45, 7) is 3.21. The molecule has 1 unspecified atom stereocenters. The Morgan fingerprint density at radius 3 is 2.12 bits per heavy atom. The fraction of sp³-hybridized carbons (Fsp3) is 0.600. The Labute approximate surface area is 50.4 Å². The van der Waals surface area contributed by atoms with Gasteiger partial charge in [-0.2, -0.15) is 0 Å². The van der Waals surface area contributed by atoms with Crippen molar-refractivity contribution in [3.63, 3.8) is 0 Å². The summed E-state index contributed by atoms with van der Waals surface area (Å²) in [4.78, 5) is 20.6. The molecule has 46 valence electrons. The lowest BCUT2D eigenvalue weighted by Gasteiger charge is -1.87. The van der Waals surface area contributed by atoms with Crippen molar-refractivity contribution in [2.45, 2.75) is 13.3 Å². The minimum absolute atomic E-state index is 0.0376. The molecule has 0 amide bonds. The molecule has 0 heterocycles. The average Bonchev–Trinajstić information content (AvgIpc) is 1.65. The van der Waals surface area contributed by atoms with Gasteiger partial charge in [-0.25, -0.2) is 0 Å². The lowest BCUT2D eigenvalue weighted by molar-refractivity contribution is -0.121. The number of hydrogen-bond donors (Lipinski definition) is 0. The maximum Gasteiger partial charge on any atom is 0.158 e. The van der Waals surface area contributed by atoms with E-state index in [1.54, 1.807) is 6.66 Å². The zero-order valence-electron chi connectivity index (χ0n) is 5.02. The summed E-state index contributed by atoms with van der Waals surface area (Å²) in [6, 6.07) is 0. The van der Waals surface area contributed by atoms with Gasteiger partial charge in [-0.05, 0) is 13.6 Å². The highest BCUT2D eigenvalue weighted by Gasteiger charge is 1.99. The highest BCUT2D eigenvalue weighted by molar-refractivity contribution is 7.57. The Morgan fingerprint density at radius 2 is 2.00 bits per heavy atom. The van der Waals surface area contributed by atoms with E-state index >= 15 is 0 Å². The number of carbonyl (C=O) groups excluding carboxylic acids is 2. The summed E-state index contributed by atoms with van der Waals surface area (Å²) >= 11 is 0. The van der Waals surface area contributed by atoms with Crippen molar-refractivity contribution >= 4 is 19.9 Å². The van der Waals surface area contributed by atoms with Crippen LogP contribution in [0, 0.1) is 0 Å². The Bertz CT molecular complexity index is 109. The molecule has 0 saturated carbocycles. The molecular formula is C5H9O2P. The number of rotatable bonds is 3. The van der Waals surface area contributed by atoms with Crippen LogP contribution in [-0.2, 0) is 9.59 Å². The van der Waals surface area contributed by atoms with E-state index in [2.05, 4.69) is 0 Å². The summed E-state index contributed by atoms with van der Waals surface area (Å²) in [5, 5.41) is 0. The Balaban J connectivity index is 3.40. The maximum atomic E-state index is 10.4. The van der Waals surface area contributed by atoms with Crippen molar-refractivity contribution < 1.29 is 9.59 Å². The molecule has 1 atom stereocenters. The predicted octanol–water partition coefficient (Wildman–Crippen LogP) is 0.800. The minimum atomic E-state index is -0.0376. The highest BCUT2D eigenvalue weighted by atomic mass is 31.1. The Hall–Kier alpha value is -0.230. The second-order valence-corrected chi connectivity index (χ2v) is 2.61.